The Bertz CT molecular complexity index is 602. The topological polar surface area (TPSA) is 84.9 Å². The zero-order chi connectivity index (χ0) is 15.7. The third-order valence-electron chi connectivity index (χ3n) is 4.62. The van der Waals surface area contributed by atoms with E-state index in [4.69, 9.17) is 5.73 Å². The van der Waals surface area contributed by atoms with Crippen LogP contribution < -0.4 is 15.5 Å². The van der Waals surface area contributed by atoms with E-state index in [-0.39, 0.29) is 30.1 Å². The molecule has 0 radical (unpaired) electrons. The van der Waals surface area contributed by atoms with Gasteiger partial charge in [-0.25, -0.2) is 4.90 Å². The van der Waals surface area contributed by atoms with Gasteiger partial charge in [-0.05, 0) is 25.0 Å². The van der Waals surface area contributed by atoms with E-state index in [0.717, 1.165) is 24.3 Å². The number of nitrogens with two attached hydrogens (primary N) is 1. The first-order valence-electron chi connectivity index (χ1n) is 7.63. The van der Waals surface area contributed by atoms with E-state index in [1.165, 1.54) is 4.90 Å². The fourth-order valence-corrected chi connectivity index (χ4v) is 3.45. The highest BCUT2D eigenvalue weighted by Crippen LogP contribution is 2.22. The van der Waals surface area contributed by atoms with Gasteiger partial charge in [-0.15, -0.1) is 0 Å². The molecule has 22 heavy (non-hydrogen) atoms. The summed E-state index contributed by atoms with van der Waals surface area (Å²) in [7, 11) is 0. The summed E-state index contributed by atoms with van der Waals surface area (Å²) in [6.07, 6.45) is 1.83. The van der Waals surface area contributed by atoms with Gasteiger partial charge in [-0.1, -0.05) is 18.2 Å². The number of piperidine rings is 1. The molecule has 1 aromatic carbocycles. The highest BCUT2D eigenvalue weighted by atomic mass is 16.2. The van der Waals surface area contributed by atoms with Crippen LogP contribution in [0.2, 0.25) is 0 Å². The smallest absolute Gasteiger partial charge is 0.292 e. The van der Waals surface area contributed by atoms with Crippen molar-refractivity contribution in [1.29, 1.82) is 0 Å². The number of anilines is 1. The number of amides is 3. The second kappa shape index (κ2) is 5.88. The molecule has 0 spiro atoms. The van der Waals surface area contributed by atoms with Crippen molar-refractivity contribution in [3.63, 3.8) is 0 Å². The van der Waals surface area contributed by atoms with Crippen LogP contribution in [0, 0.1) is 5.92 Å². The van der Waals surface area contributed by atoms with Crippen molar-refractivity contribution in [3.05, 3.63) is 30.3 Å². The van der Waals surface area contributed by atoms with Gasteiger partial charge < -0.3 is 10.6 Å². The van der Waals surface area contributed by atoms with Crippen molar-refractivity contribution >= 4 is 23.4 Å². The summed E-state index contributed by atoms with van der Waals surface area (Å²) in [4.78, 5) is 38.6. The number of nitrogens with zero attached hydrogens (tertiary/aromatic N) is 1. The third-order valence-corrected chi connectivity index (χ3v) is 4.62. The van der Waals surface area contributed by atoms with Gasteiger partial charge >= 0.3 is 0 Å². The number of primary amides is 1. The van der Waals surface area contributed by atoms with Gasteiger partial charge in [0.05, 0.1) is 31.1 Å². The van der Waals surface area contributed by atoms with Crippen LogP contribution in [0.4, 0.5) is 5.69 Å². The molecule has 2 aliphatic rings. The zero-order valence-electron chi connectivity index (χ0n) is 12.3. The zero-order valence-corrected chi connectivity index (χ0v) is 12.3. The second-order valence-electron chi connectivity index (χ2n) is 6.01. The summed E-state index contributed by atoms with van der Waals surface area (Å²) in [5.74, 6) is -0.850. The molecular formula is C16H20N3O3+. The molecule has 6 heteroatoms. The molecule has 3 rings (SSSR count). The van der Waals surface area contributed by atoms with E-state index in [1.807, 2.05) is 6.07 Å². The predicted octanol–water partition coefficient (Wildman–Crippen LogP) is -0.901. The standard InChI is InChI=1S/C16H19N3O3/c17-15(21)11-5-4-8-18(10-11)13-9-14(20)19(16(13)22)12-6-2-1-3-7-12/h1-3,6-7,11,13H,4-5,8-10H2,(H2,17,21)/p+1/t11-,13-/m0/s1. The number of hydrogen-bond donors (Lipinski definition) is 2. The van der Waals surface area contributed by atoms with Gasteiger partial charge in [0, 0.05) is 0 Å². The molecule has 116 valence electrons. The second-order valence-corrected chi connectivity index (χ2v) is 6.01. The van der Waals surface area contributed by atoms with Gasteiger partial charge in [-0.2, -0.15) is 0 Å². The minimum atomic E-state index is -0.394. The SMILES string of the molecule is NC(=O)[C@H]1CCC[NH+]([C@H]2CC(=O)N(c3ccccc3)C2=O)C1. The highest BCUT2D eigenvalue weighted by Gasteiger charge is 2.47. The fourth-order valence-electron chi connectivity index (χ4n) is 3.45. The number of nitrogens with one attached hydrogen (secondary N) is 1. The van der Waals surface area contributed by atoms with Crippen LogP contribution in [-0.4, -0.2) is 36.9 Å². The molecule has 0 saturated carbocycles. The van der Waals surface area contributed by atoms with Gasteiger partial charge in [0.25, 0.3) is 5.91 Å². The van der Waals surface area contributed by atoms with Crippen LogP contribution in [0.3, 0.4) is 0 Å². The maximum atomic E-state index is 12.7. The molecule has 0 aliphatic carbocycles. The van der Waals surface area contributed by atoms with Gasteiger partial charge in [0.2, 0.25) is 11.8 Å². The molecule has 3 amide bonds. The van der Waals surface area contributed by atoms with E-state index in [2.05, 4.69) is 0 Å². The largest absolute Gasteiger partial charge is 0.369 e. The average Bonchev–Trinajstić information content (AvgIpc) is 2.83. The Kier molecular flexibility index (Phi) is 3.94. The molecule has 2 aliphatic heterocycles. The molecule has 2 fully saturated rings. The number of rotatable bonds is 3. The Morgan fingerprint density at radius 1 is 1.23 bits per heavy atom. The lowest BCUT2D eigenvalue weighted by molar-refractivity contribution is -0.922. The van der Waals surface area contributed by atoms with Crippen LogP contribution in [0.1, 0.15) is 19.3 Å². The molecular weight excluding hydrogens is 282 g/mol. The van der Waals surface area contributed by atoms with Crippen molar-refractivity contribution < 1.29 is 19.3 Å². The Balaban J connectivity index is 1.78. The lowest BCUT2D eigenvalue weighted by Gasteiger charge is -2.31. The molecule has 1 aromatic rings. The number of carbonyl (C=O) groups excluding carboxylic acids is 3. The fraction of sp³-hybridized carbons (Fsp3) is 0.438. The van der Waals surface area contributed by atoms with Crippen LogP contribution in [-0.2, 0) is 14.4 Å². The quantitative estimate of drug-likeness (QED) is 0.710. The molecule has 6 nitrogen and oxygen atoms in total. The van der Waals surface area contributed by atoms with Crippen LogP contribution in [0.15, 0.2) is 30.3 Å². The van der Waals surface area contributed by atoms with Gasteiger partial charge in [0.1, 0.15) is 0 Å². The number of hydrogen-bond acceptors (Lipinski definition) is 3. The lowest BCUT2D eigenvalue weighted by atomic mass is 9.96. The number of benzene rings is 1. The van der Waals surface area contributed by atoms with Crippen LogP contribution >= 0.6 is 0 Å². The van der Waals surface area contributed by atoms with E-state index < -0.39 is 6.04 Å². The monoisotopic (exact) mass is 302 g/mol. The normalized spacial score (nSPS) is 28.9. The summed E-state index contributed by atoms with van der Waals surface area (Å²) in [6.45, 7) is 1.34. The predicted molar refractivity (Wildman–Crippen MR) is 80.0 cm³/mol. The highest BCUT2D eigenvalue weighted by molar-refractivity contribution is 6.21. The molecule has 1 unspecified atom stereocenters. The first-order chi connectivity index (χ1) is 10.6. The van der Waals surface area contributed by atoms with Crippen LogP contribution in [0.5, 0.6) is 0 Å². The van der Waals surface area contributed by atoms with Crippen LogP contribution in [0.25, 0.3) is 0 Å². The molecule has 2 heterocycles. The Hall–Kier alpha value is -2.21. The Morgan fingerprint density at radius 3 is 2.64 bits per heavy atom. The van der Waals surface area contributed by atoms with Gasteiger partial charge in [0.15, 0.2) is 6.04 Å². The number of para-hydroxylation sites is 1. The maximum Gasteiger partial charge on any atom is 0.292 e. The molecule has 0 bridgehead atoms. The van der Waals surface area contributed by atoms with Crippen molar-refractivity contribution in [2.24, 2.45) is 11.7 Å². The Labute approximate surface area is 128 Å². The third kappa shape index (κ3) is 2.62. The van der Waals surface area contributed by atoms with Gasteiger partial charge in [-0.3, -0.25) is 14.4 Å². The maximum absolute atomic E-state index is 12.7. The van der Waals surface area contributed by atoms with E-state index >= 15 is 0 Å². The summed E-state index contributed by atoms with van der Waals surface area (Å²) in [5.41, 5.74) is 6.01. The minimum Gasteiger partial charge on any atom is -0.369 e. The number of imide groups is 1. The van der Waals surface area contributed by atoms with Crippen molar-refractivity contribution in [2.75, 3.05) is 18.0 Å². The van der Waals surface area contributed by atoms with Crippen molar-refractivity contribution in [3.8, 4) is 0 Å². The van der Waals surface area contributed by atoms with Crippen molar-refractivity contribution in [2.45, 2.75) is 25.3 Å². The summed E-state index contributed by atoms with van der Waals surface area (Å²) < 4.78 is 0. The summed E-state index contributed by atoms with van der Waals surface area (Å²) in [6, 6.07) is 8.58. The molecule has 3 N–H and O–H groups in total. The average molecular weight is 302 g/mol. The van der Waals surface area contributed by atoms with E-state index in [9.17, 15) is 14.4 Å². The first-order valence-corrected chi connectivity index (χ1v) is 7.63. The number of quaternary nitrogens is 1. The lowest BCUT2D eigenvalue weighted by Crippen LogP contribution is -3.18. The minimum absolute atomic E-state index is 0.170. The molecule has 0 aromatic heterocycles. The summed E-state index contributed by atoms with van der Waals surface area (Å²) in [5, 5.41) is 0. The van der Waals surface area contributed by atoms with Crippen molar-refractivity contribution in [1.82, 2.24) is 0 Å². The Morgan fingerprint density at radius 2 is 1.95 bits per heavy atom. The number of likely N-dealkylation sites (tertiary alicyclic amines) is 1. The first kappa shape index (κ1) is 14.7. The number of carbonyl (C=O) groups is 3. The van der Waals surface area contributed by atoms with E-state index in [0.29, 0.717) is 12.2 Å². The van der Waals surface area contributed by atoms with E-state index in [1.54, 1.807) is 24.3 Å². The summed E-state index contributed by atoms with van der Waals surface area (Å²) >= 11 is 0. The molecule has 3 atom stereocenters. The molecule has 2 saturated heterocycles.